The predicted molar refractivity (Wildman–Crippen MR) is 83.9 cm³/mol. The molecule has 1 aromatic carbocycles. The summed E-state index contributed by atoms with van der Waals surface area (Å²) in [6.07, 6.45) is 2.02. The Morgan fingerprint density at radius 1 is 1.23 bits per heavy atom. The second kappa shape index (κ2) is 9.43. The Balaban J connectivity index is 1.48. The number of piperidine rings is 1. The predicted octanol–water partition coefficient (Wildman–Crippen LogP) is 3.00. The van der Waals surface area contributed by atoms with Gasteiger partial charge in [-0.25, -0.2) is 4.79 Å². The molecule has 1 aliphatic rings. The summed E-state index contributed by atoms with van der Waals surface area (Å²) in [5.74, 6) is 0.329. The smallest absolute Gasteiger partial charge is 0.407 e. The summed E-state index contributed by atoms with van der Waals surface area (Å²) >= 11 is 0. The zero-order valence-electron chi connectivity index (χ0n) is 12.9. The lowest BCUT2D eigenvalue weighted by Crippen LogP contribution is -2.40. The van der Waals surface area contributed by atoms with Gasteiger partial charge < -0.3 is 19.5 Å². The first-order chi connectivity index (χ1) is 10.8. The average Bonchev–Trinajstić information content (AvgIpc) is 2.55. The van der Waals surface area contributed by atoms with Crippen LogP contribution in [-0.4, -0.2) is 49.0 Å². The lowest BCUT2D eigenvalue weighted by atomic mass is 9.99. The highest BCUT2D eigenvalue weighted by molar-refractivity contribution is 5.65. The molecule has 0 aromatic heterocycles. The molecule has 0 spiro atoms. The summed E-state index contributed by atoms with van der Waals surface area (Å²) in [5, 5.41) is 8.99. The summed E-state index contributed by atoms with van der Waals surface area (Å²) in [6.45, 7) is 3.87. The second-order valence-electron chi connectivity index (χ2n) is 5.70. The van der Waals surface area contributed by atoms with Crippen LogP contribution in [0.1, 0.15) is 24.8 Å². The SMILES string of the molecule is O=C(O)N1CCCC(COCCCOCc2ccccc2)C1. The van der Waals surface area contributed by atoms with Crippen LogP contribution in [0.2, 0.25) is 0 Å². The van der Waals surface area contributed by atoms with Crippen molar-refractivity contribution in [3.05, 3.63) is 35.9 Å². The molecule has 1 atom stereocenters. The van der Waals surface area contributed by atoms with Gasteiger partial charge in [-0.05, 0) is 24.8 Å². The maximum Gasteiger partial charge on any atom is 0.407 e. The van der Waals surface area contributed by atoms with E-state index in [9.17, 15) is 4.79 Å². The number of carboxylic acid groups (broad SMARTS) is 1. The molecule has 122 valence electrons. The standard InChI is InChI=1S/C17H25NO4/c19-17(20)18-9-4-8-16(12-18)14-22-11-5-10-21-13-15-6-2-1-3-7-15/h1-3,6-7,16H,4-5,8-14H2,(H,19,20). The van der Waals surface area contributed by atoms with E-state index in [4.69, 9.17) is 14.6 Å². The monoisotopic (exact) mass is 307 g/mol. The van der Waals surface area contributed by atoms with Crippen molar-refractivity contribution < 1.29 is 19.4 Å². The van der Waals surface area contributed by atoms with Crippen molar-refractivity contribution in [3.63, 3.8) is 0 Å². The van der Waals surface area contributed by atoms with Crippen molar-refractivity contribution in [2.24, 2.45) is 5.92 Å². The van der Waals surface area contributed by atoms with Gasteiger partial charge in [0.1, 0.15) is 0 Å². The van der Waals surface area contributed by atoms with Crippen LogP contribution in [0.4, 0.5) is 4.79 Å². The van der Waals surface area contributed by atoms with Gasteiger partial charge in [0.15, 0.2) is 0 Å². The normalized spacial score (nSPS) is 18.4. The van der Waals surface area contributed by atoms with E-state index in [1.54, 1.807) is 0 Å². The first-order valence-corrected chi connectivity index (χ1v) is 7.93. The number of likely N-dealkylation sites (tertiary alicyclic amines) is 1. The van der Waals surface area contributed by atoms with E-state index in [2.05, 4.69) is 0 Å². The minimum absolute atomic E-state index is 0.329. The van der Waals surface area contributed by atoms with Gasteiger partial charge in [-0.15, -0.1) is 0 Å². The van der Waals surface area contributed by atoms with Gasteiger partial charge in [-0.3, -0.25) is 0 Å². The summed E-state index contributed by atoms with van der Waals surface area (Å²) in [6, 6.07) is 10.1. The third-order valence-electron chi connectivity index (χ3n) is 3.83. The topological polar surface area (TPSA) is 59.0 Å². The van der Waals surface area contributed by atoms with Crippen LogP contribution in [-0.2, 0) is 16.1 Å². The summed E-state index contributed by atoms with van der Waals surface area (Å²) < 4.78 is 11.2. The molecule has 5 heteroatoms. The van der Waals surface area contributed by atoms with Gasteiger partial charge in [0.25, 0.3) is 0 Å². The first-order valence-electron chi connectivity index (χ1n) is 7.93. The van der Waals surface area contributed by atoms with Crippen molar-refractivity contribution in [2.75, 3.05) is 32.9 Å². The van der Waals surface area contributed by atoms with Crippen molar-refractivity contribution in [1.29, 1.82) is 0 Å². The molecule has 1 aliphatic heterocycles. The van der Waals surface area contributed by atoms with Crippen LogP contribution >= 0.6 is 0 Å². The lowest BCUT2D eigenvalue weighted by Gasteiger charge is -2.30. The largest absolute Gasteiger partial charge is 0.465 e. The molecule has 1 aromatic rings. The Morgan fingerprint density at radius 3 is 2.77 bits per heavy atom. The molecule has 0 radical (unpaired) electrons. The highest BCUT2D eigenvalue weighted by Crippen LogP contribution is 2.16. The Bertz CT molecular complexity index is 438. The number of ether oxygens (including phenoxy) is 2. The average molecular weight is 307 g/mol. The number of amides is 1. The number of hydrogen-bond acceptors (Lipinski definition) is 3. The van der Waals surface area contributed by atoms with Gasteiger partial charge in [-0.2, -0.15) is 0 Å². The van der Waals surface area contributed by atoms with Crippen LogP contribution in [0.5, 0.6) is 0 Å². The van der Waals surface area contributed by atoms with E-state index >= 15 is 0 Å². The fourth-order valence-electron chi connectivity index (χ4n) is 2.65. The van der Waals surface area contributed by atoms with E-state index in [0.29, 0.717) is 45.4 Å². The number of hydrogen-bond donors (Lipinski definition) is 1. The Labute approximate surface area is 131 Å². The minimum Gasteiger partial charge on any atom is -0.465 e. The van der Waals surface area contributed by atoms with E-state index in [1.807, 2.05) is 30.3 Å². The number of benzene rings is 1. The van der Waals surface area contributed by atoms with Gasteiger partial charge in [-0.1, -0.05) is 30.3 Å². The third-order valence-corrected chi connectivity index (χ3v) is 3.83. The molecule has 22 heavy (non-hydrogen) atoms. The van der Waals surface area contributed by atoms with Crippen molar-refractivity contribution in [3.8, 4) is 0 Å². The fraction of sp³-hybridized carbons (Fsp3) is 0.588. The molecule has 1 amide bonds. The minimum atomic E-state index is -0.820. The Kier molecular flexibility index (Phi) is 7.19. The van der Waals surface area contributed by atoms with E-state index in [0.717, 1.165) is 19.3 Å². The second-order valence-corrected chi connectivity index (χ2v) is 5.70. The molecule has 1 N–H and O–H groups in total. The van der Waals surface area contributed by atoms with Gasteiger partial charge in [0.05, 0.1) is 13.2 Å². The molecule has 2 rings (SSSR count). The summed E-state index contributed by atoms with van der Waals surface area (Å²) in [7, 11) is 0. The summed E-state index contributed by atoms with van der Waals surface area (Å²) in [5.41, 5.74) is 1.18. The molecular weight excluding hydrogens is 282 g/mol. The van der Waals surface area contributed by atoms with E-state index in [-0.39, 0.29) is 0 Å². The maximum atomic E-state index is 10.9. The number of rotatable bonds is 8. The zero-order valence-corrected chi connectivity index (χ0v) is 12.9. The van der Waals surface area contributed by atoms with Crippen molar-refractivity contribution in [1.82, 2.24) is 4.90 Å². The molecule has 0 saturated carbocycles. The lowest BCUT2D eigenvalue weighted by molar-refractivity contribution is 0.0417. The van der Waals surface area contributed by atoms with Gasteiger partial charge in [0.2, 0.25) is 0 Å². The fourth-order valence-corrected chi connectivity index (χ4v) is 2.65. The molecule has 5 nitrogen and oxygen atoms in total. The third kappa shape index (κ3) is 6.03. The number of carbonyl (C=O) groups is 1. The Hall–Kier alpha value is -1.59. The van der Waals surface area contributed by atoms with E-state index < -0.39 is 6.09 Å². The molecule has 1 fully saturated rings. The van der Waals surface area contributed by atoms with E-state index in [1.165, 1.54) is 10.5 Å². The molecule has 0 bridgehead atoms. The maximum absolute atomic E-state index is 10.9. The highest BCUT2D eigenvalue weighted by atomic mass is 16.5. The molecule has 1 unspecified atom stereocenters. The van der Waals surface area contributed by atoms with Crippen LogP contribution in [0.3, 0.4) is 0 Å². The first kappa shape index (κ1) is 16.8. The summed E-state index contributed by atoms with van der Waals surface area (Å²) in [4.78, 5) is 12.4. The molecular formula is C17H25NO4. The van der Waals surface area contributed by atoms with Crippen LogP contribution in [0, 0.1) is 5.92 Å². The van der Waals surface area contributed by atoms with Crippen molar-refractivity contribution in [2.45, 2.75) is 25.9 Å². The molecule has 1 saturated heterocycles. The van der Waals surface area contributed by atoms with Crippen LogP contribution < -0.4 is 0 Å². The zero-order chi connectivity index (χ0) is 15.6. The van der Waals surface area contributed by atoms with Crippen LogP contribution in [0.25, 0.3) is 0 Å². The molecule has 0 aliphatic carbocycles. The number of nitrogens with zero attached hydrogens (tertiary/aromatic N) is 1. The van der Waals surface area contributed by atoms with Crippen LogP contribution in [0.15, 0.2) is 30.3 Å². The quantitative estimate of drug-likeness (QED) is 0.750. The van der Waals surface area contributed by atoms with Gasteiger partial charge in [0, 0.05) is 32.2 Å². The van der Waals surface area contributed by atoms with Gasteiger partial charge >= 0.3 is 6.09 Å². The molecule has 1 heterocycles. The highest BCUT2D eigenvalue weighted by Gasteiger charge is 2.22. The van der Waals surface area contributed by atoms with Crippen molar-refractivity contribution >= 4 is 6.09 Å². The Morgan fingerprint density at radius 2 is 2.00 bits per heavy atom.